The predicted molar refractivity (Wildman–Crippen MR) is 74.9 cm³/mol. The summed E-state index contributed by atoms with van der Waals surface area (Å²) in [5.74, 6) is 0.161. The second-order valence-corrected chi connectivity index (χ2v) is 6.10. The zero-order valence-corrected chi connectivity index (χ0v) is 12.3. The monoisotopic (exact) mass is 295 g/mol. The fourth-order valence-corrected chi connectivity index (χ4v) is 2.92. The number of hydrogen-bond donors (Lipinski definition) is 0. The molecule has 0 bridgehead atoms. The van der Waals surface area contributed by atoms with Crippen LogP contribution in [0.2, 0.25) is 0 Å². The van der Waals surface area contributed by atoms with Gasteiger partial charge in [0.25, 0.3) is 0 Å². The molecular weight excluding hydrogens is 278 g/mol. The molecular formula is C14H18BrNO. The van der Waals surface area contributed by atoms with Crippen LogP contribution in [0.3, 0.4) is 0 Å². The van der Waals surface area contributed by atoms with Gasteiger partial charge in [0.15, 0.2) is 0 Å². The van der Waals surface area contributed by atoms with Crippen molar-refractivity contribution in [3.05, 3.63) is 29.3 Å². The van der Waals surface area contributed by atoms with Gasteiger partial charge in [-0.05, 0) is 25.5 Å². The molecule has 0 saturated carbocycles. The number of aryl methyl sites for hydroxylation is 1. The Bertz CT molecular complexity index is 467. The highest BCUT2D eigenvalue weighted by molar-refractivity contribution is 9.10. The van der Waals surface area contributed by atoms with Crippen molar-refractivity contribution >= 4 is 27.5 Å². The molecule has 92 valence electrons. The van der Waals surface area contributed by atoms with Gasteiger partial charge in [-0.15, -0.1) is 0 Å². The van der Waals surface area contributed by atoms with Crippen LogP contribution in [0.5, 0.6) is 0 Å². The number of carbonyl (C=O) groups is 1. The topological polar surface area (TPSA) is 20.3 Å². The van der Waals surface area contributed by atoms with Gasteiger partial charge in [-0.1, -0.05) is 47.5 Å². The Morgan fingerprint density at radius 1 is 1.41 bits per heavy atom. The van der Waals surface area contributed by atoms with Crippen molar-refractivity contribution in [2.75, 3.05) is 11.4 Å². The lowest BCUT2D eigenvalue weighted by Crippen LogP contribution is -2.50. The molecule has 1 heterocycles. The maximum atomic E-state index is 12.3. The fraction of sp³-hybridized carbons (Fsp3) is 0.500. The lowest BCUT2D eigenvalue weighted by Gasteiger charge is -2.42. The largest absolute Gasteiger partial charge is 0.311 e. The van der Waals surface area contributed by atoms with Crippen LogP contribution in [0.15, 0.2) is 18.2 Å². The molecule has 3 heteroatoms. The quantitative estimate of drug-likeness (QED) is 0.727. The molecule has 0 saturated heterocycles. The number of hydrogen-bond acceptors (Lipinski definition) is 1. The predicted octanol–water partition coefficient (Wildman–Crippen LogP) is 3.40. The minimum absolute atomic E-state index is 0.149. The minimum atomic E-state index is -0.163. The van der Waals surface area contributed by atoms with Crippen molar-refractivity contribution in [1.29, 1.82) is 0 Å². The summed E-state index contributed by atoms with van der Waals surface area (Å²) in [5, 5.41) is 0. The summed E-state index contributed by atoms with van der Waals surface area (Å²) < 4.78 is 0. The molecule has 17 heavy (non-hydrogen) atoms. The van der Waals surface area contributed by atoms with E-state index in [9.17, 15) is 4.79 Å². The number of carbonyl (C=O) groups excluding carboxylic acids is 1. The first-order valence-electron chi connectivity index (χ1n) is 5.96. The van der Waals surface area contributed by atoms with Gasteiger partial charge in [0.1, 0.15) is 4.83 Å². The van der Waals surface area contributed by atoms with Crippen molar-refractivity contribution in [2.45, 2.75) is 37.9 Å². The van der Waals surface area contributed by atoms with Crippen molar-refractivity contribution in [3.8, 4) is 0 Å². The standard InChI is InChI=1S/C14H18BrNO/c1-5-16-11-7-6-9(2)8-10(11)14(3,4)12(15)13(16)17/h6-8,12H,5H2,1-4H3. The van der Waals surface area contributed by atoms with Gasteiger partial charge < -0.3 is 4.90 Å². The van der Waals surface area contributed by atoms with E-state index in [1.807, 2.05) is 11.8 Å². The van der Waals surface area contributed by atoms with Crippen molar-refractivity contribution in [2.24, 2.45) is 0 Å². The number of halogens is 1. The van der Waals surface area contributed by atoms with Gasteiger partial charge in [-0.3, -0.25) is 4.79 Å². The van der Waals surface area contributed by atoms with Crippen LogP contribution in [-0.2, 0) is 10.2 Å². The maximum Gasteiger partial charge on any atom is 0.241 e. The van der Waals surface area contributed by atoms with Gasteiger partial charge in [-0.25, -0.2) is 0 Å². The first-order valence-corrected chi connectivity index (χ1v) is 6.87. The zero-order valence-electron chi connectivity index (χ0n) is 10.7. The number of rotatable bonds is 1. The van der Waals surface area contributed by atoms with E-state index in [-0.39, 0.29) is 16.1 Å². The number of fused-ring (bicyclic) bond motifs is 1. The zero-order chi connectivity index (χ0) is 12.8. The highest BCUT2D eigenvalue weighted by Gasteiger charge is 2.43. The van der Waals surface area contributed by atoms with Gasteiger partial charge in [-0.2, -0.15) is 0 Å². The van der Waals surface area contributed by atoms with E-state index in [4.69, 9.17) is 0 Å². The summed E-state index contributed by atoms with van der Waals surface area (Å²) >= 11 is 3.56. The average Bonchev–Trinajstić information content (AvgIpc) is 2.29. The van der Waals surface area contributed by atoms with E-state index in [0.717, 1.165) is 5.69 Å². The van der Waals surface area contributed by atoms with Gasteiger partial charge >= 0.3 is 0 Å². The van der Waals surface area contributed by atoms with Crippen LogP contribution in [-0.4, -0.2) is 17.3 Å². The Balaban J connectivity index is 2.67. The van der Waals surface area contributed by atoms with Crippen molar-refractivity contribution in [1.82, 2.24) is 0 Å². The van der Waals surface area contributed by atoms with Crippen LogP contribution in [0.1, 0.15) is 31.9 Å². The lowest BCUT2D eigenvalue weighted by molar-refractivity contribution is -0.119. The third kappa shape index (κ3) is 1.81. The molecule has 2 rings (SSSR count). The smallest absolute Gasteiger partial charge is 0.241 e. The van der Waals surface area contributed by atoms with Gasteiger partial charge in [0.05, 0.1) is 0 Å². The van der Waals surface area contributed by atoms with E-state index in [1.165, 1.54) is 11.1 Å². The Morgan fingerprint density at radius 2 is 2.06 bits per heavy atom. The first kappa shape index (κ1) is 12.6. The van der Waals surface area contributed by atoms with Crippen LogP contribution in [0.4, 0.5) is 5.69 Å². The van der Waals surface area contributed by atoms with Gasteiger partial charge in [0, 0.05) is 17.6 Å². The van der Waals surface area contributed by atoms with Crippen LogP contribution in [0.25, 0.3) is 0 Å². The Kier molecular flexibility index (Phi) is 3.06. The van der Waals surface area contributed by atoms with Crippen molar-refractivity contribution < 1.29 is 4.79 Å². The Hall–Kier alpha value is -0.830. The summed E-state index contributed by atoms with van der Waals surface area (Å²) in [7, 11) is 0. The third-order valence-electron chi connectivity index (χ3n) is 3.57. The highest BCUT2D eigenvalue weighted by Crippen LogP contribution is 2.43. The number of nitrogens with zero attached hydrogens (tertiary/aromatic N) is 1. The molecule has 1 aromatic carbocycles. The molecule has 1 aromatic rings. The fourth-order valence-electron chi connectivity index (χ4n) is 2.43. The van der Waals surface area contributed by atoms with Crippen LogP contribution in [0, 0.1) is 6.92 Å². The lowest BCUT2D eigenvalue weighted by atomic mass is 9.76. The first-order chi connectivity index (χ1) is 7.89. The molecule has 0 fully saturated rings. The van der Waals surface area contributed by atoms with E-state index in [2.05, 4.69) is 54.9 Å². The van der Waals surface area contributed by atoms with E-state index in [0.29, 0.717) is 6.54 Å². The highest BCUT2D eigenvalue weighted by atomic mass is 79.9. The second-order valence-electron chi connectivity index (χ2n) is 5.19. The molecule has 0 N–H and O–H groups in total. The summed E-state index contributed by atoms with van der Waals surface area (Å²) in [6.07, 6.45) is 0. The normalized spacial score (nSPS) is 22.5. The molecule has 1 aliphatic heterocycles. The van der Waals surface area contributed by atoms with Crippen LogP contribution >= 0.6 is 15.9 Å². The van der Waals surface area contributed by atoms with Gasteiger partial charge in [0.2, 0.25) is 5.91 Å². The third-order valence-corrected chi connectivity index (χ3v) is 5.11. The molecule has 0 aliphatic carbocycles. The molecule has 1 atom stereocenters. The molecule has 2 nitrogen and oxygen atoms in total. The molecule has 1 aliphatic rings. The summed E-state index contributed by atoms with van der Waals surface area (Å²) in [4.78, 5) is 14.0. The summed E-state index contributed by atoms with van der Waals surface area (Å²) in [6, 6.07) is 6.32. The second kappa shape index (κ2) is 4.13. The van der Waals surface area contributed by atoms with Crippen molar-refractivity contribution in [3.63, 3.8) is 0 Å². The molecule has 1 unspecified atom stereocenters. The Morgan fingerprint density at radius 3 is 2.65 bits per heavy atom. The molecule has 1 amide bonds. The Labute approximate surface area is 111 Å². The number of anilines is 1. The molecule has 0 spiro atoms. The SMILES string of the molecule is CCN1C(=O)C(Br)C(C)(C)c2cc(C)ccc21. The van der Waals surface area contributed by atoms with Crippen LogP contribution < -0.4 is 4.90 Å². The maximum absolute atomic E-state index is 12.3. The number of alkyl halides is 1. The average molecular weight is 296 g/mol. The minimum Gasteiger partial charge on any atom is -0.311 e. The van der Waals surface area contributed by atoms with E-state index >= 15 is 0 Å². The summed E-state index contributed by atoms with van der Waals surface area (Å²) in [5.41, 5.74) is 3.39. The van der Waals surface area contributed by atoms with E-state index < -0.39 is 0 Å². The number of benzene rings is 1. The molecule has 0 radical (unpaired) electrons. The summed E-state index contributed by atoms with van der Waals surface area (Å²) in [6.45, 7) is 9.06. The van der Waals surface area contributed by atoms with E-state index in [1.54, 1.807) is 0 Å². The molecule has 0 aromatic heterocycles. The number of amides is 1.